The van der Waals surface area contributed by atoms with Crippen LogP contribution >= 0.6 is 11.3 Å². The highest BCUT2D eigenvalue weighted by atomic mass is 32.1. The van der Waals surface area contributed by atoms with E-state index in [4.69, 9.17) is 4.74 Å². The summed E-state index contributed by atoms with van der Waals surface area (Å²) in [5.74, 6) is 0.921. The van der Waals surface area contributed by atoms with Gasteiger partial charge in [-0.1, -0.05) is 12.1 Å². The van der Waals surface area contributed by atoms with Crippen LogP contribution in [0.5, 0.6) is 5.75 Å². The summed E-state index contributed by atoms with van der Waals surface area (Å²) < 4.78 is 5.23. The largest absolute Gasteiger partial charge is 0.497 e. The number of anilines is 1. The van der Waals surface area contributed by atoms with Crippen LogP contribution in [0.2, 0.25) is 0 Å². The third-order valence-corrected chi connectivity index (χ3v) is 4.12. The van der Waals surface area contributed by atoms with E-state index in [1.807, 2.05) is 19.2 Å². The average Bonchev–Trinajstić information content (AvgIpc) is 2.77. The molecule has 0 unspecified atom stereocenters. The zero-order valence-corrected chi connectivity index (χ0v) is 11.8. The van der Waals surface area contributed by atoms with E-state index < -0.39 is 0 Å². The second kappa shape index (κ2) is 5.87. The minimum atomic E-state index is 0.921. The number of nitrogens with one attached hydrogen (secondary N) is 1. The number of benzene rings is 1. The molecule has 0 aliphatic heterocycles. The van der Waals surface area contributed by atoms with Crippen molar-refractivity contribution in [2.45, 2.75) is 19.8 Å². The molecule has 1 aromatic carbocycles. The molecule has 0 fully saturated rings. The number of rotatable bonds is 5. The molecule has 3 nitrogen and oxygen atoms in total. The number of hydrogen-bond donors (Lipinski definition) is 1. The van der Waals surface area contributed by atoms with Gasteiger partial charge in [-0.05, 0) is 37.5 Å². The molecule has 96 valence electrons. The maximum Gasteiger partial charge on any atom is 0.182 e. The van der Waals surface area contributed by atoms with Gasteiger partial charge >= 0.3 is 0 Å². The summed E-state index contributed by atoms with van der Waals surface area (Å²) >= 11 is 1.74. The van der Waals surface area contributed by atoms with Gasteiger partial charge in [-0.15, -0.1) is 11.3 Å². The van der Waals surface area contributed by atoms with Crippen molar-refractivity contribution in [3.8, 4) is 5.75 Å². The second-order valence-electron chi connectivity index (χ2n) is 4.13. The lowest BCUT2D eigenvalue weighted by Gasteiger charge is -2.03. The number of hydrogen-bond acceptors (Lipinski definition) is 4. The Morgan fingerprint density at radius 3 is 2.83 bits per heavy atom. The van der Waals surface area contributed by atoms with Crippen LogP contribution in [0.15, 0.2) is 24.3 Å². The van der Waals surface area contributed by atoms with Crippen molar-refractivity contribution in [3.05, 3.63) is 40.4 Å². The Balaban J connectivity index is 2.03. The number of ether oxygens (including phenoxy) is 1. The number of aromatic nitrogens is 1. The first-order valence-corrected chi connectivity index (χ1v) is 6.81. The Labute approximate surface area is 112 Å². The summed E-state index contributed by atoms with van der Waals surface area (Å²) in [5, 5.41) is 4.09. The van der Waals surface area contributed by atoms with E-state index in [-0.39, 0.29) is 0 Å². The summed E-state index contributed by atoms with van der Waals surface area (Å²) in [7, 11) is 3.61. The van der Waals surface area contributed by atoms with Crippen molar-refractivity contribution >= 4 is 16.5 Å². The van der Waals surface area contributed by atoms with Crippen LogP contribution in [-0.4, -0.2) is 19.1 Å². The molecule has 0 saturated carbocycles. The normalized spacial score (nSPS) is 10.4. The van der Waals surface area contributed by atoms with Crippen molar-refractivity contribution in [1.82, 2.24) is 4.98 Å². The Morgan fingerprint density at radius 2 is 2.17 bits per heavy atom. The summed E-state index contributed by atoms with van der Waals surface area (Å²) in [6.07, 6.45) is 2.04. The highest BCUT2D eigenvalue weighted by Crippen LogP contribution is 2.24. The summed E-state index contributed by atoms with van der Waals surface area (Å²) in [6.45, 7) is 2.07. The Hall–Kier alpha value is -1.55. The standard InChI is InChI=1S/C14H18N2OS/c1-10-13(18-14(15-2)16-10)8-7-11-5-4-6-12(9-11)17-3/h4-6,9H,7-8H2,1-3H3,(H,15,16). The van der Waals surface area contributed by atoms with E-state index >= 15 is 0 Å². The van der Waals surface area contributed by atoms with Crippen molar-refractivity contribution in [2.75, 3.05) is 19.5 Å². The molecule has 2 aromatic rings. The first kappa shape index (κ1) is 12.9. The van der Waals surface area contributed by atoms with Gasteiger partial charge in [0, 0.05) is 11.9 Å². The summed E-state index contributed by atoms with van der Waals surface area (Å²) in [6, 6.07) is 8.24. The van der Waals surface area contributed by atoms with E-state index in [0.717, 1.165) is 29.4 Å². The van der Waals surface area contributed by atoms with Crippen LogP contribution in [0.1, 0.15) is 16.1 Å². The van der Waals surface area contributed by atoms with E-state index in [0.29, 0.717) is 0 Å². The maximum absolute atomic E-state index is 5.23. The number of methoxy groups -OCH3 is 1. The highest BCUT2D eigenvalue weighted by molar-refractivity contribution is 7.15. The van der Waals surface area contributed by atoms with Crippen LogP contribution in [0.25, 0.3) is 0 Å². The zero-order chi connectivity index (χ0) is 13.0. The lowest BCUT2D eigenvalue weighted by molar-refractivity contribution is 0.414. The summed E-state index contributed by atoms with van der Waals surface area (Å²) in [4.78, 5) is 5.81. The van der Waals surface area contributed by atoms with E-state index in [1.165, 1.54) is 10.4 Å². The van der Waals surface area contributed by atoms with Crippen LogP contribution < -0.4 is 10.1 Å². The Bertz CT molecular complexity index is 522. The van der Waals surface area contributed by atoms with Gasteiger partial charge in [0.15, 0.2) is 5.13 Å². The molecule has 18 heavy (non-hydrogen) atoms. The molecular weight excluding hydrogens is 244 g/mol. The molecule has 2 rings (SSSR count). The minimum Gasteiger partial charge on any atom is -0.497 e. The molecule has 0 aliphatic carbocycles. The monoisotopic (exact) mass is 262 g/mol. The maximum atomic E-state index is 5.23. The molecule has 0 atom stereocenters. The molecule has 1 aromatic heterocycles. The van der Waals surface area contributed by atoms with Gasteiger partial charge in [-0.25, -0.2) is 4.98 Å². The van der Waals surface area contributed by atoms with Gasteiger partial charge in [0.2, 0.25) is 0 Å². The van der Waals surface area contributed by atoms with E-state index in [9.17, 15) is 0 Å². The molecule has 0 bridgehead atoms. The predicted octanol–water partition coefficient (Wildman–Crippen LogP) is 3.29. The molecule has 0 spiro atoms. The van der Waals surface area contributed by atoms with Crippen molar-refractivity contribution < 1.29 is 4.74 Å². The van der Waals surface area contributed by atoms with Crippen molar-refractivity contribution in [1.29, 1.82) is 0 Å². The molecule has 1 N–H and O–H groups in total. The number of aryl methyl sites for hydroxylation is 3. The molecule has 0 aliphatic rings. The van der Waals surface area contributed by atoms with E-state index in [1.54, 1.807) is 18.4 Å². The second-order valence-corrected chi connectivity index (χ2v) is 5.21. The highest BCUT2D eigenvalue weighted by Gasteiger charge is 2.06. The number of thiazole rings is 1. The van der Waals surface area contributed by atoms with Gasteiger partial charge in [-0.2, -0.15) is 0 Å². The minimum absolute atomic E-state index is 0.921. The smallest absolute Gasteiger partial charge is 0.182 e. The molecule has 1 heterocycles. The SMILES string of the molecule is CNc1nc(C)c(CCc2cccc(OC)c2)s1. The number of nitrogens with zero attached hydrogens (tertiary/aromatic N) is 1. The fourth-order valence-corrected chi connectivity index (χ4v) is 2.77. The van der Waals surface area contributed by atoms with Crippen LogP contribution in [0.3, 0.4) is 0 Å². The molecule has 4 heteroatoms. The molecule has 0 amide bonds. The van der Waals surface area contributed by atoms with Gasteiger partial charge in [0.25, 0.3) is 0 Å². The third kappa shape index (κ3) is 3.01. The Morgan fingerprint density at radius 1 is 1.33 bits per heavy atom. The lowest BCUT2D eigenvalue weighted by Crippen LogP contribution is -1.92. The zero-order valence-electron chi connectivity index (χ0n) is 11.0. The fraction of sp³-hybridized carbons (Fsp3) is 0.357. The molecular formula is C14H18N2OS. The van der Waals surface area contributed by atoms with Crippen LogP contribution in [0, 0.1) is 6.92 Å². The lowest BCUT2D eigenvalue weighted by atomic mass is 10.1. The van der Waals surface area contributed by atoms with Gasteiger partial charge < -0.3 is 10.1 Å². The Kier molecular flexibility index (Phi) is 4.20. The average molecular weight is 262 g/mol. The van der Waals surface area contributed by atoms with Crippen molar-refractivity contribution in [2.24, 2.45) is 0 Å². The molecule has 0 saturated heterocycles. The van der Waals surface area contributed by atoms with Gasteiger partial charge in [0.1, 0.15) is 5.75 Å². The van der Waals surface area contributed by atoms with Gasteiger partial charge in [0.05, 0.1) is 12.8 Å². The van der Waals surface area contributed by atoms with Crippen LogP contribution in [-0.2, 0) is 12.8 Å². The van der Waals surface area contributed by atoms with Crippen molar-refractivity contribution in [3.63, 3.8) is 0 Å². The first-order valence-electron chi connectivity index (χ1n) is 6.00. The molecule has 0 radical (unpaired) electrons. The van der Waals surface area contributed by atoms with Crippen LogP contribution in [0.4, 0.5) is 5.13 Å². The first-order chi connectivity index (χ1) is 8.72. The fourth-order valence-electron chi connectivity index (χ4n) is 1.85. The van der Waals surface area contributed by atoms with E-state index in [2.05, 4.69) is 29.4 Å². The quantitative estimate of drug-likeness (QED) is 0.898. The topological polar surface area (TPSA) is 34.2 Å². The summed E-state index contributed by atoms with van der Waals surface area (Å²) in [5.41, 5.74) is 2.43. The van der Waals surface area contributed by atoms with Gasteiger partial charge in [-0.3, -0.25) is 0 Å². The third-order valence-electron chi connectivity index (χ3n) is 2.88. The predicted molar refractivity (Wildman–Crippen MR) is 76.8 cm³/mol.